The molecule has 0 spiro atoms. The van der Waals surface area contributed by atoms with Gasteiger partial charge in [-0.2, -0.15) is 0 Å². The van der Waals surface area contributed by atoms with Crippen LogP contribution in [0.1, 0.15) is 40.6 Å². The van der Waals surface area contributed by atoms with Gasteiger partial charge in [-0.05, 0) is 30.2 Å². The highest BCUT2D eigenvalue weighted by Crippen LogP contribution is 2.26. The summed E-state index contributed by atoms with van der Waals surface area (Å²) in [4.78, 5) is 18.0. The van der Waals surface area contributed by atoms with E-state index in [2.05, 4.69) is 17.2 Å². The van der Waals surface area contributed by atoms with E-state index >= 15 is 0 Å². The predicted molar refractivity (Wildman–Crippen MR) is 111 cm³/mol. The van der Waals surface area contributed by atoms with Crippen LogP contribution in [-0.2, 0) is 6.42 Å². The van der Waals surface area contributed by atoms with Crippen LogP contribution in [0.5, 0.6) is 5.75 Å². The summed E-state index contributed by atoms with van der Waals surface area (Å²) >= 11 is 7.66. The summed E-state index contributed by atoms with van der Waals surface area (Å²) in [6.45, 7) is 2.70. The van der Waals surface area contributed by atoms with Gasteiger partial charge in [-0.15, -0.1) is 11.3 Å². The maximum atomic E-state index is 12.6. The largest absolute Gasteiger partial charge is 0.493 e. The molecule has 27 heavy (non-hydrogen) atoms. The number of carbonyl (C=O) groups is 1. The smallest absolute Gasteiger partial charge is 0.261 e. The highest BCUT2D eigenvalue weighted by atomic mass is 35.5. The first-order valence-electron chi connectivity index (χ1n) is 8.88. The molecule has 1 N–H and O–H groups in total. The van der Waals surface area contributed by atoms with Crippen LogP contribution in [0, 0.1) is 0 Å². The molecule has 140 valence electrons. The minimum atomic E-state index is -0.222. The van der Waals surface area contributed by atoms with Gasteiger partial charge in [0.05, 0.1) is 12.2 Å². The number of nitrogens with zero attached hydrogens (tertiary/aromatic N) is 1. The summed E-state index contributed by atoms with van der Waals surface area (Å²) in [5.41, 5.74) is 1.55. The van der Waals surface area contributed by atoms with E-state index in [9.17, 15) is 4.79 Å². The first kappa shape index (κ1) is 19.4. The summed E-state index contributed by atoms with van der Waals surface area (Å²) in [6.07, 6.45) is 4.45. The summed E-state index contributed by atoms with van der Waals surface area (Å²) in [5.74, 6) is 0.372. The number of aromatic nitrogens is 1. The fourth-order valence-corrected chi connectivity index (χ4v) is 3.58. The van der Waals surface area contributed by atoms with Gasteiger partial charge in [-0.1, -0.05) is 55.3 Å². The van der Waals surface area contributed by atoms with Gasteiger partial charge >= 0.3 is 0 Å². The Morgan fingerprint density at radius 1 is 1.19 bits per heavy atom. The number of hydrogen-bond donors (Lipinski definition) is 1. The lowest BCUT2D eigenvalue weighted by atomic mass is 10.1. The predicted octanol–water partition coefficient (Wildman–Crippen LogP) is 5.82. The van der Waals surface area contributed by atoms with E-state index in [1.807, 2.05) is 42.5 Å². The zero-order valence-electron chi connectivity index (χ0n) is 15.1. The molecule has 0 aliphatic heterocycles. The summed E-state index contributed by atoms with van der Waals surface area (Å²) < 4.78 is 5.74. The molecule has 2 aromatic carbocycles. The van der Waals surface area contributed by atoms with Crippen LogP contribution in [0.3, 0.4) is 0 Å². The number of anilines is 1. The second-order valence-electron chi connectivity index (χ2n) is 6.05. The molecule has 0 unspecified atom stereocenters. The van der Waals surface area contributed by atoms with Crippen LogP contribution in [0.25, 0.3) is 0 Å². The number of thiazole rings is 1. The minimum Gasteiger partial charge on any atom is -0.493 e. The number of hydrogen-bond acceptors (Lipinski definition) is 4. The molecule has 0 saturated carbocycles. The molecule has 4 nitrogen and oxygen atoms in total. The summed E-state index contributed by atoms with van der Waals surface area (Å²) in [5, 5.41) is 4.16. The molecule has 3 aromatic rings. The van der Waals surface area contributed by atoms with E-state index in [0.29, 0.717) is 29.5 Å². The highest BCUT2D eigenvalue weighted by Gasteiger charge is 2.14. The lowest BCUT2D eigenvalue weighted by Crippen LogP contribution is -2.13. The lowest BCUT2D eigenvalue weighted by Gasteiger charge is -2.10. The van der Waals surface area contributed by atoms with E-state index in [0.717, 1.165) is 28.3 Å². The molecular formula is C21H21ClN2O2S. The molecule has 1 heterocycles. The van der Waals surface area contributed by atoms with Crippen LogP contribution in [0.4, 0.5) is 5.13 Å². The van der Waals surface area contributed by atoms with Gasteiger partial charge in [0.25, 0.3) is 5.91 Å². The Balaban J connectivity index is 1.67. The second-order valence-corrected chi connectivity index (χ2v) is 7.57. The Labute approximate surface area is 168 Å². The van der Waals surface area contributed by atoms with Crippen molar-refractivity contribution in [1.29, 1.82) is 0 Å². The molecule has 1 aromatic heterocycles. The zero-order chi connectivity index (χ0) is 19.1. The van der Waals surface area contributed by atoms with Gasteiger partial charge < -0.3 is 4.74 Å². The van der Waals surface area contributed by atoms with Crippen molar-refractivity contribution in [2.75, 3.05) is 11.9 Å². The quantitative estimate of drug-likeness (QED) is 0.485. The number of ether oxygens (including phenoxy) is 1. The maximum Gasteiger partial charge on any atom is 0.261 e. The standard InChI is InChI=1S/C21H21ClN2O2S/c1-2-3-12-26-19-11-7-5-9-17(19)20(25)24-21-23-14-16(27-21)13-15-8-4-6-10-18(15)22/h4-11,14H,2-3,12-13H2,1H3,(H,23,24,25). The van der Waals surface area contributed by atoms with Gasteiger partial charge in [0.1, 0.15) is 5.75 Å². The number of unbranched alkanes of at least 4 members (excludes halogenated alkanes) is 1. The Morgan fingerprint density at radius 3 is 2.78 bits per heavy atom. The van der Waals surface area contributed by atoms with Crippen molar-refractivity contribution < 1.29 is 9.53 Å². The van der Waals surface area contributed by atoms with E-state index in [1.165, 1.54) is 11.3 Å². The van der Waals surface area contributed by atoms with Crippen LogP contribution in [-0.4, -0.2) is 17.5 Å². The van der Waals surface area contributed by atoms with Crippen molar-refractivity contribution in [3.8, 4) is 5.75 Å². The third-order valence-corrected chi connectivity index (χ3v) is 5.27. The minimum absolute atomic E-state index is 0.222. The van der Waals surface area contributed by atoms with Crippen LogP contribution < -0.4 is 10.1 Å². The number of para-hydroxylation sites is 1. The van der Waals surface area contributed by atoms with Gasteiger partial charge in [0.2, 0.25) is 0 Å². The summed E-state index contributed by atoms with van der Waals surface area (Å²) in [7, 11) is 0. The molecule has 0 aliphatic rings. The normalized spacial score (nSPS) is 10.6. The van der Waals surface area contributed by atoms with Crippen molar-refractivity contribution in [3.63, 3.8) is 0 Å². The Kier molecular flexibility index (Phi) is 6.85. The van der Waals surface area contributed by atoms with E-state index in [1.54, 1.807) is 12.3 Å². The number of amides is 1. The maximum absolute atomic E-state index is 12.6. The van der Waals surface area contributed by atoms with Gasteiger partial charge in [0.15, 0.2) is 5.13 Å². The second kappa shape index (κ2) is 9.53. The van der Waals surface area contributed by atoms with E-state index < -0.39 is 0 Å². The van der Waals surface area contributed by atoms with Crippen LogP contribution >= 0.6 is 22.9 Å². The van der Waals surface area contributed by atoms with Crippen LogP contribution in [0.15, 0.2) is 54.7 Å². The Hall–Kier alpha value is -2.37. The fourth-order valence-electron chi connectivity index (χ4n) is 2.55. The van der Waals surface area contributed by atoms with E-state index in [-0.39, 0.29) is 5.91 Å². The van der Waals surface area contributed by atoms with Crippen molar-refractivity contribution in [2.24, 2.45) is 0 Å². The number of rotatable bonds is 8. The Bertz CT molecular complexity index is 910. The average Bonchev–Trinajstić information content (AvgIpc) is 3.11. The number of nitrogens with one attached hydrogen (secondary N) is 1. The molecule has 6 heteroatoms. The van der Waals surface area contributed by atoms with Gasteiger partial charge in [-0.3, -0.25) is 10.1 Å². The number of benzene rings is 2. The molecule has 0 bridgehead atoms. The molecule has 0 fully saturated rings. The molecule has 0 aliphatic carbocycles. The molecule has 0 radical (unpaired) electrons. The van der Waals surface area contributed by atoms with Crippen molar-refractivity contribution in [1.82, 2.24) is 4.98 Å². The van der Waals surface area contributed by atoms with Crippen molar-refractivity contribution in [3.05, 3.63) is 75.8 Å². The topological polar surface area (TPSA) is 51.2 Å². The molecule has 0 atom stereocenters. The Morgan fingerprint density at radius 2 is 1.96 bits per heavy atom. The molecule has 3 rings (SSSR count). The average molecular weight is 401 g/mol. The monoisotopic (exact) mass is 400 g/mol. The van der Waals surface area contributed by atoms with Gasteiger partial charge in [0, 0.05) is 22.5 Å². The third-order valence-electron chi connectivity index (χ3n) is 3.98. The van der Waals surface area contributed by atoms with Gasteiger partial charge in [-0.25, -0.2) is 4.98 Å². The molecule has 0 saturated heterocycles. The SMILES string of the molecule is CCCCOc1ccccc1C(=O)Nc1ncc(Cc2ccccc2Cl)s1. The first-order valence-corrected chi connectivity index (χ1v) is 10.1. The first-order chi connectivity index (χ1) is 13.2. The highest BCUT2D eigenvalue weighted by molar-refractivity contribution is 7.15. The zero-order valence-corrected chi connectivity index (χ0v) is 16.6. The number of carbonyl (C=O) groups excluding carboxylic acids is 1. The summed E-state index contributed by atoms with van der Waals surface area (Å²) in [6, 6.07) is 15.0. The van der Waals surface area contributed by atoms with Crippen LogP contribution in [0.2, 0.25) is 5.02 Å². The van der Waals surface area contributed by atoms with Crippen molar-refractivity contribution >= 4 is 34.0 Å². The lowest BCUT2D eigenvalue weighted by molar-refractivity contribution is 0.102. The number of halogens is 1. The molecular weight excluding hydrogens is 380 g/mol. The van der Waals surface area contributed by atoms with Crippen molar-refractivity contribution in [2.45, 2.75) is 26.2 Å². The molecule has 1 amide bonds. The van der Waals surface area contributed by atoms with E-state index in [4.69, 9.17) is 16.3 Å². The fraction of sp³-hybridized carbons (Fsp3) is 0.238. The third kappa shape index (κ3) is 5.31.